The number of hydrazine groups is 1. The second-order valence-electron chi connectivity index (χ2n) is 3.42. The van der Waals surface area contributed by atoms with E-state index in [1.165, 1.54) is 19.2 Å². The second kappa shape index (κ2) is 6.40. The van der Waals surface area contributed by atoms with Crippen molar-refractivity contribution in [3.05, 3.63) is 28.3 Å². The summed E-state index contributed by atoms with van der Waals surface area (Å²) in [4.78, 5) is 21.1. The molecule has 0 aliphatic rings. The van der Waals surface area contributed by atoms with E-state index >= 15 is 0 Å². The predicted molar refractivity (Wildman–Crippen MR) is 66.0 cm³/mol. The van der Waals surface area contributed by atoms with Gasteiger partial charge in [-0.25, -0.2) is 0 Å². The zero-order chi connectivity index (χ0) is 13.5. The van der Waals surface area contributed by atoms with Gasteiger partial charge in [-0.15, -0.1) is 0 Å². The van der Waals surface area contributed by atoms with Crippen molar-refractivity contribution >= 4 is 23.0 Å². The van der Waals surface area contributed by atoms with Gasteiger partial charge in [0.2, 0.25) is 0 Å². The first-order valence-electron chi connectivity index (χ1n) is 5.13. The molecular formula is C10H14N4O4. The lowest BCUT2D eigenvalue weighted by molar-refractivity contribution is -0.384. The number of nitro benzene ring substituents is 1. The number of methoxy groups -OCH3 is 1. The predicted octanol–water partition coefficient (Wildman–Crippen LogP) is 0.855. The fourth-order valence-electron chi connectivity index (χ4n) is 1.31. The van der Waals surface area contributed by atoms with Crippen LogP contribution < -0.4 is 16.6 Å². The number of anilines is 2. The summed E-state index contributed by atoms with van der Waals surface area (Å²) in [6, 6.07) is 4.27. The van der Waals surface area contributed by atoms with Gasteiger partial charge in [0.25, 0.3) is 5.69 Å². The minimum Gasteiger partial charge on any atom is -0.469 e. The molecule has 0 radical (unpaired) electrons. The standard InChI is InChI=1S/C10H14N4O4/c1-18-10(15)2-3-12-7-4-8(13-11)6-9(5-7)14(16)17/h4-6,12-13H,2-3,11H2,1H3. The lowest BCUT2D eigenvalue weighted by Crippen LogP contribution is -2.11. The number of carbonyl (C=O) groups excluding carboxylic acids is 1. The van der Waals surface area contributed by atoms with Crippen LogP contribution in [0.5, 0.6) is 0 Å². The van der Waals surface area contributed by atoms with Gasteiger partial charge in [-0.05, 0) is 6.07 Å². The summed E-state index contributed by atoms with van der Waals surface area (Å²) in [5.74, 6) is 4.86. The number of nitrogens with zero attached hydrogens (tertiary/aromatic N) is 1. The lowest BCUT2D eigenvalue weighted by Gasteiger charge is -2.07. The Balaban J connectivity index is 2.72. The zero-order valence-electron chi connectivity index (χ0n) is 9.80. The van der Waals surface area contributed by atoms with Crippen LogP contribution in [0.1, 0.15) is 6.42 Å². The lowest BCUT2D eigenvalue weighted by atomic mass is 10.2. The minimum atomic E-state index is -0.522. The average Bonchev–Trinajstić information content (AvgIpc) is 2.37. The van der Waals surface area contributed by atoms with Crippen LogP contribution >= 0.6 is 0 Å². The van der Waals surface area contributed by atoms with Crippen molar-refractivity contribution < 1.29 is 14.5 Å². The maximum Gasteiger partial charge on any atom is 0.307 e. The maximum atomic E-state index is 10.9. The van der Waals surface area contributed by atoms with E-state index in [2.05, 4.69) is 15.5 Å². The molecule has 0 unspecified atom stereocenters. The number of nitrogen functional groups attached to an aromatic ring is 1. The molecule has 0 aromatic heterocycles. The number of nitrogens with one attached hydrogen (secondary N) is 2. The number of benzene rings is 1. The third-order valence-corrected chi connectivity index (χ3v) is 2.18. The van der Waals surface area contributed by atoms with Crippen LogP contribution in [0, 0.1) is 10.1 Å². The van der Waals surface area contributed by atoms with Crippen LogP contribution in [0.3, 0.4) is 0 Å². The summed E-state index contributed by atoms with van der Waals surface area (Å²) in [6.07, 6.45) is 0.171. The van der Waals surface area contributed by atoms with Gasteiger partial charge in [-0.3, -0.25) is 20.8 Å². The van der Waals surface area contributed by atoms with Crippen LogP contribution in [0.2, 0.25) is 0 Å². The Morgan fingerprint density at radius 1 is 1.44 bits per heavy atom. The molecule has 8 nitrogen and oxygen atoms in total. The van der Waals surface area contributed by atoms with Gasteiger partial charge in [-0.2, -0.15) is 0 Å². The molecule has 0 amide bonds. The average molecular weight is 254 g/mol. The smallest absolute Gasteiger partial charge is 0.307 e. The van der Waals surface area contributed by atoms with Gasteiger partial charge in [-0.1, -0.05) is 0 Å². The van der Waals surface area contributed by atoms with E-state index in [1.54, 1.807) is 6.07 Å². The minimum absolute atomic E-state index is 0.0916. The van der Waals surface area contributed by atoms with Crippen LogP contribution in [-0.4, -0.2) is 24.5 Å². The molecule has 1 aromatic rings. The van der Waals surface area contributed by atoms with E-state index in [1.807, 2.05) is 0 Å². The molecule has 0 heterocycles. The highest BCUT2D eigenvalue weighted by atomic mass is 16.6. The Labute approximate surface area is 103 Å². The zero-order valence-corrected chi connectivity index (χ0v) is 9.80. The number of non-ortho nitro benzene ring substituents is 1. The van der Waals surface area contributed by atoms with Crippen LogP contribution in [0.4, 0.5) is 17.1 Å². The fourth-order valence-corrected chi connectivity index (χ4v) is 1.31. The van der Waals surface area contributed by atoms with E-state index in [0.717, 1.165) is 0 Å². The number of nitrogens with two attached hydrogens (primary N) is 1. The van der Waals surface area contributed by atoms with Gasteiger partial charge in [0.1, 0.15) is 0 Å². The molecule has 0 saturated carbocycles. The second-order valence-corrected chi connectivity index (χ2v) is 3.42. The molecule has 8 heteroatoms. The van der Waals surface area contributed by atoms with Crippen molar-refractivity contribution in [2.24, 2.45) is 5.84 Å². The third kappa shape index (κ3) is 3.91. The Kier molecular flexibility index (Phi) is 4.88. The van der Waals surface area contributed by atoms with Crippen molar-refractivity contribution in [2.45, 2.75) is 6.42 Å². The normalized spacial score (nSPS) is 9.67. The quantitative estimate of drug-likeness (QED) is 0.298. The number of hydrogen-bond donors (Lipinski definition) is 3. The number of carbonyl (C=O) groups is 1. The summed E-state index contributed by atoms with van der Waals surface area (Å²) in [7, 11) is 1.30. The summed E-state index contributed by atoms with van der Waals surface area (Å²) >= 11 is 0. The Morgan fingerprint density at radius 3 is 2.67 bits per heavy atom. The van der Waals surface area contributed by atoms with E-state index in [4.69, 9.17) is 5.84 Å². The first-order valence-corrected chi connectivity index (χ1v) is 5.13. The number of ether oxygens (including phenoxy) is 1. The third-order valence-electron chi connectivity index (χ3n) is 2.18. The van der Waals surface area contributed by atoms with Gasteiger partial charge in [0, 0.05) is 24.4 Å². The fraction of sp³-hybridized carbons (Fsp3) is 0.300. The highest BCUT2D eigenvalue weighted by Crippen LogP contribution is 2.23. The molecular weight excluding hydrogens is 240 g/mol. The van der Waals surface area contributed by atoms with Crippen LogP contribution in [-0.2, 0) is 9.53 Å². The first kappa shape index (κ1) is 13.7. The van der Waals surface area contributed by atoms with Crippen LogP contribution in [0.15, 0.2) is 18.2 Å². The maximum absolute atomic E-state index is 10.9. The van der Waals surface area contributed by atoms with Gasteiger partial charge in [0.15, 0.2) is 0 Å². The molecule has 0 aliphatic carbocycles. The molecule has 1 aromatic carbocycles. The number of rotatable bonds is 6. The summed E-state index contributed by atoms with van der Waals surface area (Å²) in [6.45, 7) is 0.317. The topological polar surface area (TPSA) is 120 Å². The SMILES string of the molecule is COC(=O)CCNc1cc(NN)cc([N+](=O)[O-])c1. The molecule has 4 N–H and O–H groups in total. The molecule has 0 aliphatic heterocycles. The van der Waals surface area contributed by atoms with E-state index in [9.17, 15) is 14.9 Å². The highest BCUT2D eigenvalue weighted by molar-refractivity contribution is 5.70. The summed E-state index contributed by atoms with van der Waals surface area (Å²) < 4.78 is 4.48. The molecule has 18 heavy (non-hydrogen) atoms. The first-order chi connectivity index (χ1) is 8.56. The van der Waals surface area contributed by atoms with Gasteiger partial charge < -0.3 is 15.5 Å². The molecule has 1 rings (SSSR count). The molecule has 98 valence electrons. The Bertz CT molecular complexity index is 450. The van der Waals surface area contributed by atoms with E-state index in [-0.39, 0.29) is 18.1 Å². The molecule has 0 saturated heterocycles. The molecule has 0 bridgehead atoms. The van der Waals surface area contributed by atoms with Crippen molar-refractivity contribution in [1.29, 1.82) is 0 Å². The Hall–Kier alpha value is -2.35. The Morgan fingerprint density at radius 2 is 2.11 bits per heavy atom. The van der Waals surface area contributed by atoms with Crippen LogP contribution in [0.25, 0.3) is 0 Å². The summed E-state index contributed by atoms with van der Waals surface area (Å²) in [5.41, 5.74) is 3.15. The molecule has 0 fully saturated rings. The number of hydrogen-bond acceptors (Lipinski definition) is 7. The monoisotopic (exact) mass is 254 g/mol. The molecule has 0 atom stereocenters. The highest BCUT2D eigenvalue weighted by Gasteiger charge is 2.09. The number of nitro groups is 1. The summed E-state index contributed by atoms with van der Waals surface area (Å²) in [5, 5.41) is 13.6. The van der Waals surface area contributed by atoms with Gasteiger partial charge >= 0.3 is 5.97 Å². The number of esters is 1. The largest absolute Gasteiger partial charge is 0.469 e. The van der Waals surface area contributed by atoms with Crippen molar-refractivity contribution in [3.63, 3.8) is 0 Å². The molecule has 0 spiro atoms. The van der Waals surface area contributed by atoms with Crippen molar-refractivity contribution in [2.75, 3.05) is 24.4 Å². The van der Waals surface area contributed by atoms with E-state index in [0.29, 0.717) is 17.9 Å². The van der Waals surface area contributed by atoms with Gasteiger partial charge in [0.05, 0.1) is 24.1 Å². The van der Waals surface area contributed by atoms with E-state index < -0.39 is 4.92 Å². The van der Waals surface area contributed by atoms with Crippen molar-refractivity contribution in [3.8, 4) is 0 Å². The van der Waals surface area contributed by atoms with Crippen molar-refractivity contribution in [1.82, 2.24) is 0 Å².